The molecule has 0 bridgehead atoms. The van der Waals surface area contributed by atoms with Crippen LogP contribution < -0.4 is 4.90 Å². The summed E-state index contributed by atoms with van der Waals surface area (Å²) in [7, 11) is 0. The number of nitrogens with zero attached hydrogens (tertiary/aromatic N) is 1. The predicted molar refractivity (Wildman–Crippen MR) is 105 cm³/mol. The summed E-state index contributed by atoms with van der Waals surface area (Å²) in [6, 6.07) is 14.9. The molecule has 1 aliphatic heterocycles. The molecule has 1 amide bonds. The summed E-state index contributed by atoms with van der Waals surface area (Å²) in [5, 5.41) is 9.10. The molecular weight excluding hydrogens is 338 g/mol. The molecule has 1 saturated carbocycles. The molecule has 2 aromatic carbocycles. The summed E-state index contributed by atoms with van der Waals surface area (Å²) >= 11 is 0. The van der Waals surface area contributed by atoms with E-state index >= 15 is 0 Å². The first-order valence-electron chi connectivity index (χ1n) is 9.54. The lowest BCUT2D eigenvalue weighted by atomic mass is 9.99. The molecule has 1 fully saturated rings. The summed E-state index contributed by atoms with van der Waals surface area (Å²) < 4.78 is 0. The molecular formula is C23H23NO3. The molecule has 0 saturated heterocycles. The third-order valence-corrected chi connectivity index (χ3v) is 5.61. The minimum Gasteiger partial charge on any atom is -0.478 e. The second kappa shape index (κ2) is 7.39. The van der Waals surface area contributed by atoms with Crippen molar-refractivity contribution in [2.24, 2.45) is 5.92 Å². The Hall–Kier alpha value is -2.88. The number of carbonyl (C=O) groups excluding carboxylic acids is 1. The van der Waals surface area contributed by atoms with Crippen molar-refractivity contribution >= 4 is 17.6 Å². The van der Waals surface area contributed by atoms with Gasteiger partial charge in [-0.3, -0.25) is 4.79 Å². The zero-order chi connectivity index (χ0) is 18.8. The fraction of sp³-hybridized carbons (Fsp3) is 0.304. The van der Waals surface area contributed by atoms with Gasteiger partial charge in [0.1, 0.15) is 0 Å². The molecule has 4 nitrogen and oxygen atoms in total. The van der Waals surface area contributed by atoms with Crippen LogP contribution in [0.25, 0.3) is 0 Å². The van der Waals surface area contributed by atoms with Gasteiger partial charge in [-0.15, -0.1) is 0 Å². The summed E-state index contributed by atoms with van der Waals surface area (Å²) in [6.45, 7) is 0.458. The van der Waals surface area contributed by atoms with E-state index in [0.717, 1.165) is 43.4 Å². The highest BCUT2D eigenvalue weighted by atomic mass is 16.4. The second-order valence-electron chi connectivity index (χ2n) is 7.32. The molecule has 138 valence electrons. The highest BCUT2D eigenvalue weighted by Crippen LogP contribution is 2.37. The average molecular weight is 361 g/mol. The Kier molecular flexibility index (Phi) is 4.80. The number of carboxylic acid groups (broad SMARTS) is 1. The normalized spacial score (nSPS) is 21.3. The van der Waals surface area contributed by atoms with Crippen molar-refractivity contribution in [2.75, 3.05) is 4.90 Å². The average Bonchev–Trinajstić information content (AvgIpc) is 3.15. The van der Waals surface area contributed by atoms with Crippen LogP contribution in [-0.4, -0.2) is 17.0 Å². The van der Waals surface area contributed by atoms with Gasteiger partial charge >= 0.3 is 5.97 Å². The number of para-hydroxylation sites is 1. The molecule has 1 N–H and O–H groups in total. The first-order chi connectivity index (χ1) is 13.1. The summed E-state index contributed by atoms with van der Waals surface area (Å²) in [5.74, 6) is -0.795. The zero-order valence-corrected chi connectivity index (χ0v) is 15.2. The number of aromatic carboxylic acids is 1. The Morgan fingerprint density at radius 2 is 1.85 bits per heavy atom. The quantitative estimate of drug-likeness (QED) is 0.814. The van der Waals surface area contributed by atoms with E-state index in [-0.39, 0.29) is 17.4 Å². The van der Waals surface area contributed by atoms with E-state index < -0.39 is 5.97 Å². The number of hydrogen-bond acceptors (Lipinski definition) is 2. The largest absolute Gasteiger partial charge is 0.478 e. The predicted octanol–water partition coefficient (Wildman–Crippen LogP) is 4.59. The number of hydrogen-bond donors (Lipinski definition) is 1. The maximum absolute atomic E-state index is 13.5. The molecule has 1 heterocycles. The maximum Gasteiger partial charge on any atom is 0.335 e. The van der Waals surface area contributed by atoms with Gasteiger partial charge in [-0.1, -0.05) is 42.0 Å². The minimum atomic E-state index is -0.938. The van der Waals surface area contributed by atoms with Gasteiger partial charge in [0, 0.05) is 5.69 Å². The van der Waals surface area contributed by atoms with E-state index in [1.165, 1.54) is 11.1 Å². The van der Waals surface area contributed by atoms with E-state index in [2.05, 4.69) is 12.1 Å². The molecule has 2 aliphatic rings. The second-order valence-corrected chi connectivity index (χ2v) is 7.32. The maximum atomic E-state index is 13.5. The Morgan fingerprint density at radius 1 is 1.07 bits per heavy atom. The first-order valence-corrected chi connectivity index (χ1v) is 9.54. The van der Waals surface area contributed by atoms with E-state index in [1.54, 1.807) is 24.3 Å². The van der Waals surface area contributed by atoms with Crippen LogP contribution in [0.5, 0.6) is 0 Å². The Morgan fingerprint density at radius 3 is 2.63 bits per heavy atom. The Labute approximate surface area is 159 Å². The standard InChI is InChI=1S/C23H23NO3/c25-22-20-9-4-7-17(20)6-3-8-18-5-1-2-10-21(18)24(22)15-16-11-13-19(14-12-16)23(26)27/h1-2,5-6,10-14,20H,3-4,7-9,15H2,(H,26,27)/b17-6+. The Balaban J connectivity index is 1.71. The Bertz CT molecular complexity index is 898. The van der Waals surface area contributed by atoms with Gasteiger partial charge in [-0.05, 0) is 61.4 Å². The van der Waals surface area contributed by atoms with Gasteiger partial charge in [-0.2, -0.15) is 0 Å². The van der Waals surface area contributed by atoms with Crippen molar-refractivity contribution in [1.82, 2.24) is 0 Å². The summed E-state index contributed by atoms with van der Waals surface area (Å²) in [5.41, 5.74) is 4.65. The van der Waals surface area contributed by atoms with Crippen LogP contribution in [0.3, 0.4) is 0 Å². The van der Waals surface area contributed by atoms with E-state index in [0.29, 0.717) is 6.54 Å². The van der Waals surface area contributed by atoms with Gasteiger partial charge in [0.2, 0.25) is 5.91 Å². The summed E-state index contributed by atoms with van der Waals surface area (Å²) in [6.07, 6.45) is 7.18. The number of amides is 1. The van der Waals surface area contributed by atoms with Crippen LogP contribution in [0.1, 0.15) is 47.2 Å². The van der Waals surface area contributed by atoms with Crippen LogP contribution in [0, 0.1) is 5.92 Å². The topological polar surface area (TPSA) is 57.6 Å². The number of anilines is 1. The fourth-order valence-corrected chi connectivity index (χ4v) is 4.20. The van der Waals surface area contributed by atoms with Crippen molar-refractivity contribution in [3.05, 3.63) is 76.9 Å². The molecule has 0 spiro atoms. The van der Waals surface area contributed by atoms with Crippen LogP contribution in [0.4, 0.5) is 5.69 Å². The number of carbonyl (C=O) groups is 2. The molecule has 2 aromatic rings. The molecule has 1 aliphatic carbocycles. The molecule has 4 heteroatoms. The van der Waals surface area contributed by atoms with Crippen molar-refractivity contribution < 1.29 is 14.7 Å². The monoisotopic (exact) mass is 361 g/mol. The van der Waals surface area contributed by atoms with Crippen LogP contribution in [-0.2, 0) is 17.8 Å². The highest BCUT2D eigenvalue weighted by Gasteiger charge is 2.33. The third-order valence-electron chi connectivity index (χ3n) is 5.61. The van der Waals surface area contributed by atoms with E-state index in [9.17, 15) is 9.59 Å². The number of allylic oxidation sites excluding steroid dienone is 1. The highest BCUT2D eigenvalue weighted by molar-refractivity contribution is 5.97. The molecule has 0 aromatic heterocycles. The number of carboxylic acids is 1. The number of benzene rings is 2. The lowest BCUT2D eigenvalue weighted by molar-refractivity contribution is -0.121. The van der Waals surface area contributed by atoms with E-state index in [1.807, 2.05) is 23.1 Å². The van der Waals surface area contributed by atoms with Gasteiger partial charge in [0.25, 0.3) is 0 Å². The lowest BCUT2D eigenvalue weighted by Gasteiger charge is -2.28. The first kappa shape index (κ1) is 17.5. The van der Waals surface area contributed by atoms with Crippen molar-refractivity contribution in [2.45, 2.75) is 38.6 Å². The van der Waals surface area contributed by atoms with Crippen LogP contribution in [0.15, 0.2) is 60.2 Å². The molecule has 27 heavy (non-hydrogen) atoms. The van der Waals surface area contributed by atoms with Gasteiger partial charge < -0.3 is 10.0 Å². The summed E-state index contributed by atoms with van der Waals surface area (Å²) in [4.78, 5) is 26.5. The minimum absolute atomic E-state index is 0.0190. The fourth-order valence-electron chi connectivity index (χ4n) is 4.20. The molecule has 0 radical (unpaired) electrons. The van der Waals surface area contributed by atoms with Gasteiger partial charge in [-0.25, -0.2) is 4.79 Å². The van der Waals surface area contributed by atoms with E-state index in [4.69, 9.17) is 5.11 Å². The van der Waals surface area contributed by atoms with Crippen molar-refractivity contribution in [3.8, 4) is 0 Å². The van der Waals surface area contributed by atoms with Gasteiger partial charge in [0.05, 0.1) is 18.0 Å². The molecule has 1 unspecified atom stereocenters. The zero-order valence-electron chi connectivity index (χ0n) is 15.2. The lowest BCUT2D eigenvalue weighted by Crippen LogP contribution is -2.36. The molecule has 1 atom stereocenters. The smallest absolute Gasteiger partial charge is 0.335 e. The molecule has 4 rings (SSSR count). The SMILES string of the molecule is O=C(O)c1ccc(CN2C(=O)C3CCC/C3=C\CCc3ccccc32)cc1. The van der Waals surface area contributed by atoms with Gasteiger partial charge in [0.15, 0.2) is 0 Å². The van der Waals surface area contributed by atoms with Crippen molar-refractivity contribution in [3.63, 3.8) is 0 Å². The number of aryl methyl sites for hydroxylation is 1. The van der Waals surface area contributed by atoms with Crippen molar-refractivity contribution in [1.29, 1.82) is 0 Å². The van der Waals surface area contributed by atoms with Crippen LogP contribution >= 0.6 is 0 Å². The number of fused-ring (bicyclic) bond motifs is 2. The third kappa shape index (κ3) is 3.52. The van der Waals surface area contributed by atoms with Crippen LogP contribution in [0.2, 0.25) is 0 Å². The number of rotatable bonds is 3.